The number of carbonyl (C=O) groups is 1. The van der Waals surface area contributed by atoms with Crippen molar-refractivity contribution in [3.05, 3.63) is 65.1 Å². The van der Waals surface area contributed by atoms with Crippen LogP contribution in [-0.2, 0) is 0 Å². The van der Waals surface area contributed by atoms with Gasteiger partial charge >= 0.3 is 0 Å². The van der Waals surface area contributed by atoms with Crippen LogP contribution in [0.15, 0.2) is 42.5 Å². The molecule has 122 valence electrons. The molecule has 0 atom stereocenters. The molecule has 0 spiro atoms. The number of aromatic nitrogens is 1. The Hall–Kier alpha value is -2.95. The number of pyridine rings is 1. The lowest BCUT2D eigenvalue weighted by Gasteiger charge is -2.11. The van der Waals surface area contributed by atoms with E-state index in [1.807, 2.05) is 25.1 Å². The molecule has 1 N–H and O–H groups in total. The Bertz CT molecular complexity index is 938. The van der Waals surface area contributed by atoms with E-state index in [0.717, 1.165) is 16.5 Å². The highest BCUT2D eigenvalue weighted by Crippen LogP contribution is 2.23. The van der Waals surface area contributed by atoms with Gasteiger partial charge in [-0.3, -0.25) is 9.78 Å². The van der Waals surface area contributed by atoms with Crippen LogP contribution in [0.25, 0.3) is 10.9 Å². The third-order valence-corrected chi connectivity index (χ3v) is 3.83. The minimum Gasteiger partial charge on any atom is -0.497 e. The number of rotatable bonds is 3. The van der Waals surface area contributed by atoms with Gasteiger partial charge in [-0.2, -0.15) is 0 Å². The summed E-state index contributed by atoms with van der Waals surface area (Å²) in [5, 5.41) is 3.45. The number of anilines is 1. The van der Waals surface area contributed by atoms with Crippen molar-refractivity contribution in [3.8, 4) is 5.75 Å². The average Bonchev–Trinajstić information content (AvgIpc) is 2.56. The molecule has 0 unspecified atom stereocenters. The molecule has 3 rings (SSSR count). The molecule has 4 nitrogen and oxygen atoms in total. The largest absolute Gasteiger partial charge is 0.497 e. The minimum atomic E-state index is -0.522. The zero-order valence-corrected chi connectivity index (χ0v) is 13.7. The number of methoxy groups -OCH3 is 1. The van der Waals surface area contributed by atoms with Gasteiger partial charge in [0.1, 0.15) is 11.6 Å². The highest BCUT2D eigenvalue weighted by atomic mass is 19.1. The quantitative estimate of drug-likeness (QED) is 0.783. The fourth-order valence-electron chi connectivity index (χ4n) is 2.52. The summed E-state index contributed by atoms with van der Waals surface area (Å²) in [6.45, 7) is 3.75. The molecule has 0 bridgehead atoms. The minimum absolute atomic E-state index is 0.0720. The molecule has 5 heteroatoms. The summed E-state index contributed by atoms with van der Waals surface area (Å²) in [5.74, 6) is -0.462. The average molecular weight is 324 g/mol. The van der Waals surface area contributed by atoms with Crippen LogP contribution >= 0.6 is 0 Å². The third kappa shape index (κ3) is 3.06. The molecule has 24 heavy (non-hydrogen) atoms. The van der Waals surface area contributed by atoms with Crippen molar-refractivity contribution in [2.75, 3.05) is 12.4 Å². The number of aryl methyl sites for hydroxylation is 2. The van der Waals surface area contributed by atoms with Crippen molar-refractivity contribution in [1.29, 1.82) is 0 Å². The second-order valence-corrected chi connectivity index (χ2v) is 5.62. The number of benzene rings is 2. The normalized spacial score (nSPS) is 10.7. The molecule has 1 aromatic heterocycles. The molecule has 0 saturated carbocycles. The Kier molecular flexibility index (Phi) is 4.16. The maximum atomic E-state index is 13.9. The summed E-state index contributed by atoms with van der Waals surface area (Å²) in [7, 11) is 1.48. The zero-order chi connectivity index (χ0) is 17.3. The van der Waals surface area contributed by atoms with Gasteiger partial charge in [0, 0.05) is 11.5 Å². The first-order valence-electron chi connectivity index (χ1n) is 7.51. The van der Waals surface area contributed by atoms with Gasteiger partial charge in [0.2, 0.25) is 0 Å². The van der Waals surface area contributed by atoms with E-state index >= 15 is 0 Å². The van der Waals surface area contributed by atoms with Crippen LogP contribution in [0.3, 0.4) is 0 Å². The standard InChI is InChI=1S/C19H17FN2O2/c1-11-4-5-13-9-15(12(2)21-17(13)8-11)19(23)22-18-10-14(24-3)6-7-16(18)20/h4-10H,1-3H3,(H,22,23). The topological polar surface area (TPSA) is 51.2 Å². The Morgan fingerprint density at radius 2 is 1.92 bits per heavy atom. The number of nitrogens with one attached hydrogen (secondary N) is 1. The summed E-state index contributed by atoms with van der Waals surface area (Å²) in [4.78, 5) is 17.0. The van der Waals surface area contributed by atoms with Crippen molar-refractivity contribution in [1.82, 2.24) is 4.98 Å². The molecule has 0 saturated heterocycles. The fourth-order valence-corrected chi connectivity index (χ4v) is 2.52. The maximum Gasteiger partial charge on any atom is 0.257 e. The van der Waals surface area contributed by atoms with E-state index in [2.05, 4.69) is 10.3 Å². The van der Waals surface area contributed by atoms with Gasteiger partial charge in [-0.05, 0) is 43.7 Å². The summed E-state index contributed by atoms with van der Waals surface area (Å²) < 4.78 is 19.0. The van der Waals surface area contributed by atoms with Crippen LogP contribution in [-0.4, -0.2) is 18.0 Å². The van der Waals surface area contributed by atoms with Crippen molar-refractivity contribution < 1.29 is 13.9 Å². The molecule has 0 aliphatic heterocycles. The number of amides is 1. The molecule has 0 fully saturated rings. The van der Waals surface area contributed by atoms with Crippen molar-refractivity contribution >= 4 is 22.5 Å². The molecule has 0 aliphatic rings. The monoisotopic (exact) mass is 324 g/mol. The Morgan fingerprint density at radius 1 is 1.12 bits per heavy atom. The number of ether oxygens (including phenoxy) is 1. The maximum absolute atomic E-state index is 13.9. The second-order valence-electron chi connectivity index (χ2n) is 5.62. The molecule has 1 amide bonds. The predicted molar refractivity (Wildman–Crippen MR) is 92.1 cm³/mol. The van der Waals surface area contributed by atoms with Crippen LogP contribution in [0, 0.1) is 19.7 Å². The van der Waals surface area contributed by atoms with Crippen molar-refractivity contribution in [2.24, 2.45) is 0 Å². The van der Waals surface area contributed by atoms with Gasteiger partial charge < -0.3 is 10.1 Å². The number of carbonyl (C=O) groups excluding carboxylic acids is 1. The zero-order valence-electron chi connectivity index (χ0n) is 13.7. The van der Waals surface area contributed by atoms with E-state index < -0.39 is 11.7 Å². The molecule has 0 aliphatic carbocycles. The number of fused-ring (bicyclic) bond motifs is 1. The number of nitrogens with zero attached hydrogens (tertiary/aromatic N) is 1. The Labute approximate surface area is 139 Å². The summed E-state index contributed by atoms with van der Waals surface area (Å²) in [6.07, 6.45) is 0. The van der Waals surface area contributed by atoms with Gasteiger partial charge in [-0.15, -0.1) is 0 Å². The van der Waals surface area contributed by atoms with E-state index in [9.17, 15) is 9.18 Å². The van der Waals surface area contributed by atoms with E-state index in [0.29, 0.717) is 17.0 Å². The first kappa shape index (κ1) is 15.9. The van der Waals surface area contributed by atoms with Gasteiger partial charge in [-0.1, -0.05) is 12.1 Å². The number of hydrogen-bond acceptors (Lipinski definition) is 3. The van der Waals surface area contributed by atoms with Crippen LogP contribution in [0.1, 0.15) is 21.6 Å². The second kappa shape index (κ2) is 6.28. The highest BCUT2D eigenvalue weighted by molar-refractivity contribution is 6.07. The van der Waals surface area contributed by atoms with Crippen LogP contribution in [0.5, 0.6) is 5.75 Å². The molecule has 2 aromatic carbocycles. The Balaban J connectivity index is 1.97. The van der Waals surface area contributed by atoms with Gasteiger partial charge in [-0.25, -0.2) is 4.39 Å². The SMILES string of the molecule is COc1ccc(F)c(NC(=O)c2cc3ccc(C)cc3nc2C)c1. The molecule has 0 radical (unpaired) electrons. The fraction of sp³-hybridized carbons (Fsp3) is 0.158. The highest BCUT2D eigenvalue weighted by Gasteiger charge is 2.14. The van der Waals surface area contributed by atoms with E-state index in [4.69, 9.17) is 4.74 Å². The van der Waals surface area contributed by atoms with Gasteiger partial charge in [0.05, 0.1) is 29.6 Å². The summed E-state index contributed by atoms with van der Waals surface area (Å²) in [5.41, 5.74) is 3.01. The van der Waals surface area contributed by atoms with Crippen LogP contribution < -0.4 is 10.1 Å². The van der Waals surface area contributed by atoms with E-state index in [-0.39, 0.29) is 5.69 Å². The lowest BCUT2D eigenvalue weighted by molar-refractivity contribution is 0.102. The van der Waals surface area contributed by atoms with E-state index in [1.54, 1.807) is 13.0 Å². The summed E-state index contributed by atoms with van der Waals surface area (Å²) in [6, 6.07) is 11.8. The molecular weight excluding hydrogens is 307 g/mol. The molecular formula is C19H17FN2O2. The van der Waals surface area contributed by atoms with Crippen molar-refractivity contribution in [2.45, 2.75) is 13.8 Å². The molecule has 1 heterocycles. The predicted octanol–water partition coefficient (Wildman–Crippen LogP) is 4.25. The van der Waals surface area contributed by atoms with Crippen LogP contribution in [0.4, 0.5) is 10.1 Å². The number of hydrogen-bond donors (Lipinski definition) is 1. The Morgan fingerprint density at radius 3 is 2.67 bits per heavy atom. The van der Waals surface area contributed by atoms with E-state index in [1.165, 1.54) is 25.3 Å². The molecule has 3 aromatic rings. The number of halogens is 1. The lowest BCUT2D eigenvalue weighted by atomic mass is 10.1. The van der Waals surface area contributed by atoms with Gasteiger partial charge in [0.25, 0.3) is 5.91 Å². The van der Waals surface area contributed by atoms with Crippen LogP contribution in [0.2, 0.25) is 0 Å². The van der Waals surface area contributed by atoms with Crippen molar-refractivity contribution in [3.63, 3.8) is 0 Å². The first-order valence-corrected chi connectivity index (χ1v) is 7.51. The third-order valence-electron chi connectivity index (χ3n) is 3.83. The first-order chi connectivity index (χ1) is 11.5. The smallest absolute Gasteiger partial charge is 0.257 e. The summed E-state index contributed by atoms with van der Waals surface area (Å²) >= 11 is 0. The van der Waals surface area contributed by atoms with Gasteiger partial charge in [0.15, 0.2) is 0 Å². The lowest BCUT2D eigenvalue weighted by Crippen LogP contribution is -2.15.